The largest absolute Gasteiger partial charge is 0.431 e. The fraction of sp³-hybridized carbons (Fsp3) is 1.00. The van der Waals surface area contributed by atoms with Gasteiger partial charge in [-0.3, -0.25) is 0 Å². The zero-order chi connectivity index (χ0) is 7.65. The first-order valence-corrected chi connectivity index (χ1v) is 6.21. The molecule has 0 rings (SSSR count). The highest BCUT2D eigenvalue weighted by molar-refractivity contribution is 6.73. The van der Waals surface area contributed by atoms with Crippen molar-refractivity contribution < 1.29 is 4.80 Å². The summed E-state index contributed by atoms with van der Waals surface area (Å²) in [7, 11) is -1.86. The lowest BCUT2D eigenvalue weighted by molar-refractivity contribution is 0.503. The van der Waals surface area contributed by atoms with Crippen molar-refractivity contribution in [3.05, 3.63) is 0 Å². The molecule has 9 heavy (non-hydrogen) atoms. The molecule has 0 spiro atoms. The number of rotatable bonds is 2. The van der Waals surface area contributed by atoms with Gasteiger partial charge in [0, 0.05) is 0 Å². The standard InChI is InChI=1S/C7H18OSi/c1-6(2)9(5,8)7(3)4/h6-8H,1-5H3. The first kappa shape index (κ1) is 9.18. The Balaban J connectivity index is 4.01. The maximum Gasteiger partial charge on any atom is 0.190 e. The molecule has 0 aromatic rings. The molecule has 0 saturated heterocycles. The van der Waals surface area contributed by atoms with Crippen molar-refractivity contribution in [2.75, 3.05) is 0 Å². The Morgan fingerprint density at radius 1 is 1.00 bits per heavy atom. The van der Waals surface area contributed by atoms with Crippen LogP contribution in [0.25, 0.3) is 0 Å². The predicted octanol–water partition coefficient (Wildman–Crippen LogP) is 2.37. The number of hydrogen-bond acceptors (Lipinski definition) is 1. The molecule has 0 amide bonds. The molecule has 1 nitrogen and oxygen atoms in total. The minimum Gasteiger partial charge on any atom is -0.431 e. The van der Waals surface area contributed by atoms with Gasteiger partial charge in [-0.2, -0.15) is 0 Å². The lowest BCUT2D eigenvalue weighted by Gasteiger charge is -2.28. The molecule has 0 saturated carbocycles. The van der Waals surface area contributed by atoms with Crippen molar-refractivity contribution in [2.24, 2.45) is 0 Å². The lowest BCUT2D eigenvalue weighted by Crippen LogP contribution is -2.37. The van der Waals surface area contributed by atoms with Crippen LogP contribution in [-0.4, -0.2) is 13.1 Å². The Morgan fingerprint density at radius 3 is 1.22 bits per heavy atom. The van der Waals surface area contributed by atoms with Crippen LogP contribution in [0.2, 0.25) is 17.6 Å². The third-order valence-corrected chi connectivity index (χ3v) is 7.01. The first-order chi connectivity index (χ1) is 3.89. The van der Waals surface area contributed by atoms with Crippen molar-refractivity contribution in [1.82, 2.24) is 0 Å². The second-order valence-electron chi connectivity index (χ2n) is 3.54. The minimum atomic E-state index is -1.86. The highest BCUT2D eigenvalue weighted by Gasteiger charge is 2.32. The molecule has 56 valence electrons. The maximum absolute atomic E-state index is 9.81. The van der Waals surface area contributed by atoms with Gasteiger partial charge in [-0.15, -0.1) is 0 Å². The van der Waals surface area contributed by atoms with Crippen LogP contribution in [0.1, 0.15) is 27.7 Å². The Morgan fingerprint density at radius 2 is 1.22 bits per heavy atom. The SMILES string of the molecule is CC(C)[Si](C)(O)C(C)C. The molecule has 0 bridgehead atoms. The van der Waals surface area contributed by atoms with E-state index in [0.29, 0.717) is 11.1 Å². The monoisotopic (exact) mass is 146 g/mol. The summed E-state index contributed by atoms with van der Waals surface area (Å²) in [5.74, 6) is 0. The normalized spacial score (nSPS) is 13.3. The van der Waals surface area contributed by atoms with Crippen molar-refractivity contribution in [1.29, 1.82) is 0 Å². The smallest absolute Gasteiger partial charge is 0.190 e. The van der Waals surface area contributed by atoms with E-state index in [2.05, 4.69) is 27.7 Å². The van der Waals surface area contributed by atoms with Crippen LogP contribution < -0.4 is 0 Å². The van der Waals surface area contributed by atoms with Gasteiger partial charge in [0.2, 0.25) is 0 Å². The van der Waals surface area contributed by atoms with E-state index in [0.717, 1.165) is 0 Å². The van der Waals surface area contributed by atoms with E-state index in [4.69, 9.17) is 0 Å². The van der Waals surface area contributed by atoms with Gasteiger partial charge >= 0.3 is 0 Å². The molecule has 0 aromatic carbocycles. The topological polar surface area (TPSA) is 20.2 Å². The molecule has 0 atom stereocenters. The molecule has 0 aliphatic carbocycles. The van der Waals surface area contributed by atoms with Crippen molar-refractivity contribution >= 4 is 8.32 Å². The Hall–Kier alpha value is 0.177. The van der Waals surface area contributed by atoms with Gasteiger partial charge in [0.05, 0.1) is 0 Å². The van der Waals surface area contributed by atoms with E-state index in [1.807, 2.05) is 6.55 Å². The summed E-state index contributed by atoms with van der Waals surface area (Å²) >= 11 is 0. The summed E-state index contributed by atoms with van der Waals surface area (Å²) in [6.45, 7) is 10.4. The van der Waals surface area contributed by atoms with Crippen LogP contribution >= 0.6 is 0 Å². The summed E-state index contributed by atoms with van der Waals surface area (Å²) < 4.78 is 0. The van der Waals surface area contributed by atoms with E-state index in [9.17, 15) is 4.80 Å². The van der Waals surface area contributed by atoms with E-state index >= 15 is 0 Å². The van der Waals surface area contributed by atoms with Gasteiger partial charge in [-0.1, -0.05) is 27.7 Å². The third-order valence-electron chi connectivity index (χ3n) is 2.34. The fourth-order valence-corrected chi connectivity index (χ4v) is 2.00. The molecule has 0 aromatic heterocycles. The molecule has 0 radical (unpaired) electrons. The molecule has 2 heteroatoms. The Kier molecular flexibility index (Phi) is 2.90. The van der Waals surface area contributed by atoms with Crippen LogP contribution in [0, 0.1) is 0 Å². The third kappa shape index (κ3) is 2.10. The second-order valence-corrected chi connectivity index (χ2v) is 8.30. The summed E-state index contributed by atoms with van der Waals surface area (Å²) in [4.78, 5) is 9.81. The van der Waals surface area contributed by atoms with Crippen LogP contribution in [0.3, 0.4) is 0 Å². The van der Waals surface area contributed by atoms with Crippen molar-refractivity contribution in [2.45, 2.75) is 45.3 Å². The van der Waals surface area contributed by atoms with Gasteiger partial charge in [-0.05, 0) is 17.6 Å². The Labute approximate surface area is 59.2 Å². The minimum absolute atomic E-state index is 0.484. The molecule has 0 unspecified atom stereocenters. The predicted molar refractivity (Wildman–Crippen MR) is 44.0 cm³/mol. The van der Waals surface area contributed by atoms with Crippen LogP contribution in [0.5, 0.6) is 0 Å². The van der Waals surface area contributed by atoms with E-state index < -0.39 is 8.32 Å². The van der Waals surface area contributed by atoms with E-state index in [-0.39, 0.29) is 0 Å². The zero-order valence-electron chi connectivity index (χ0n) is 7.10. The summed E-state index contributed by atoms with van der Waals surface area (Å²) in [5, 5.41) is 0. The van der Waals surface area contributed by atoms with Crippen LogP contribution in [0.4, 0.5) is 0 Å². The number of hydrogen-bond donors (Lipinski definition) is 1. The average molecular weight is 146 g/mol. The van der Waals surface area contributed by atoms with Gasteiger partial charge in [-0.25, -0.2) is 0 Å². The van der Waals surface area contributed by atoms with Crippen molar-refractivity contribution in [3.63, 3.8) is 0 Å². The lowest BCUT2D eigenvalue weighted by atomic mass is 10.5. The second kappa shape index (κ2) is 2.84. The first-order valence-electron chi connectivity index (χ1n) is 3.61. The fourth-order valence-electron chi connectivity index (χ4n) is 0.667. The van der Waals surface area contributed by atoms with Gasteiger partial charge in [0.25, 0.3) is 0 Å². The highest BCUT2D eigenvalue weighted by atomic mass is 28.4. The Bertz CT molecular complexity index is 76.9. The highest BCUT2D eigenvalue weighted by Crippen LogP contribution is 2.28. The van der Waals surface area contributed by atoms with Gasteiger partial charge < -0.3 is 4.80 Å². The van der Waals surface area contributed by atoms with Crippen LogP contribution in [0.15, 0.2) is 0 Å². The van der Waals surface area contributed by atoms with Gasteiger partial charge in [0.1, 0.15) is 0 Å². The van der Waals surface area contributed by atoms with E-state index in [1.54, 1.807) is 0 Å². The molecular formula is C7H18OSi. The molecule has 0 aliphatic heterocycles. The molecule has 0 heterocycles. The molecule has 1 N–H and O–H groups in total. The molecular weight excluding hydrogens is 128 g/mol. The summed E-state index contributed by atoms with van der Waals surface area (Å²) in [6, 6.07) is 0. The summed E-state index contributed by atoms with van der Waals surface area (Å²) in [5.41, 5.74) is 0.968. The maximum atomic E-state index is 9.81. The summed E-state index contributed by atoms with van der Waals surface area (Å²) in [6.07, 6.45) is 0. The van der Waals surface area contributed by atoms with Gasteiger partial charge in [0.15, 0.2) is 8.32 Å². The molecule has 0 fully saturated rings. The zero-order valence-corrected chi connectivity index (χ0v) is 8.10. The van der Waals surface area contributed by atoms with Crippen molar-refractivity contribution in [3.8, 4) is 0 Å². The average Bonchev–Trinajstić information content (AvgIpc) is 1.65. The van der Waals surface area contributed by atoms with Crippen LogP contribution in [-0.2, 0) is 0 Å². The van der Waals surface area contributed by atoms with E-state index in [1.165, 1.54) is 0 Å². The quantitative estimate of drug-likeness (QED) is 0.593. The molecule has 0 aliphatic rings.